The van der Waals surface area contributed by atoms with Gasteiger partial charge in [-0.05, 0) is 43.5 Å². The van der Waals surface area contributed by atoms with Crippen molar-refractivity contribution in [1.29, 1.82) is 0 Å². The van der Waals surface area contributed by atoms with Crippen molar-refractivity contribution in [3.63, 3.8) is 0 Å². The van der Waals surface area contributed by atoms with E-state index in [9.17, 15) is 4.79 Å². The Morgan fingerprint density at radius 1 is 1.26 bits per heavy atom. The zero-order valence-electron chi connectivity index (χ0n) is 14.8. The number of aromatic nitrogens is 4. The molecular weight excluding hydrogens is 349 g/mol. The smallest absolute Gasteiger partial charge is 0.272 e. The summed E-state index contributed by atoms with van der Waals surface area (Å²) >= 11 is 0. The predicted octanol–water partition coefficient (Wildman–Crippen LogP) is 2.94. The molecule has 27 heavy (non-hydrogen) atoms. The number of likely N-dealkylation sites (tertiary alicyclic amines) is 1. The van der Waals surface area contributed by atoms with Gasteiger partial charge in [-0.2, -0.15) is 4.98 Å². The maximum atomic E-state index is 15.6. The van der Waals surface area contributed by atoms with Crippen molar-refractivity contribution >= 4 is 5.91 Å². The lowest BCUT2D eigenvalue weighted by Crippen LogP contribution is -2.47. The third-order valence-electron chi connectivity index (χ3n) is 4.69. The highest BCUT2D eigenvalue weighted by atomic mass is 19.1. The van der Waals surface area contributed by atoms with Crippen molar-refractivity contribution in [3.05, 3.63) is 60.0 Å². The molecular formula is C19H18FN5O2. The number of aryl methyl sites for hydroxylation is 1. The number of nitrogens with zero attached hydrogens (tertiary/aromatic N) is 5. The van der Waals surface area contributed by atoms with E-state index >= 15 is 4.39 Å². The van der Waals surface area contributed by atoms with Crippen molar-refractivity contribution in [2.75, 3.05) is 13.1 Å². The topological polar surface area (TPSA) is 85.0 Å². The molecule has 8 heteroatoms. The molecule has 1 fully saturated rings. The van der Waals surface area contributed by atoms with Crippen LogP contribution in [0.15, 0.2) is 47.4 Å². The Balaban J connectivity index is 1.58. The zero-order chi connectivity index (χ0) is 18.9. The third kappa shape index (κ3) is 3.30. The first kappa shape index (κ1) is 17.3. The van der Waals surface area contributed by atoms with Crippen molar-refractivity contribution < 1.29 is 13.7 Å². The average molecular weight is 367 g/mol. The molecule has 3 aromatic heterocycles. The van der Waals surface area contributed by atoms with Crippen LogP contribution in [-0.4, -0.2) is 44.0 Å². The average Bonchev–Trinajstić information content (AvgIpc) is 3.20. The molecule has 1 unspecified atom stereocenters. The number of carbonyl (C=O) groups excluding carboxylic acids is 1. The van der Waals surface area contributed by atoms with E-state index in [0.717, 1.165) is 5.56 Å². The predicted molar refractivity (Wildman–Crippen MR) is 94.4 cm³/mol. The van der Waals surface area contributed by atoms with Crippen LogP contribution in [0.2, 0.25) is 0 Å². The van der Waals surface area contributed by atoms with Crippen LogP contribution in [0.1, 0.15) is 34.8 Å². The second-order valence-corrected chi connectivity index (χ2v) is 6.62. The van der Waals surface area contributed by atoms with Gasteiger partial charge in [0.2, 0.25) is 11.5 Å². The largest absolute Gasteiger partial charge is 0.335 e. The first-order valence-electron chi connectivity index (χ1n) is 8.71. The minimum atomic E-state index is -1.88. The van der Waals surface area contributed by atoms with Crippen LogP contribution in [0.5, 0.6) is 0 Å². The second-order valence-electron chi connectivity index (χ2n) is 6.62. The Bertz CT molecular complexity index is 961. The van der Waals surface area contributed by atoms with Crippen molar-refractivity contribution in [2.24, 2.45) is 0 Å². The second kappa shape index (κ2) is 6.86. The molecule has 1 amide bonds. The highest BCUT2D eigenvalue weighted by Crippen LogP contribution is 2.36. The number of rotatable bonds is 3. The van der Waals surface area contributed by atoms with Crippen molar-refractivity contribution in [1.82, 2.24) is 25.0 Å². The maximum Gasteiger partial charge on any atom is 0.272 e. The standard InChI is InChI=1S/C19H18FN5O2/c1-13-4-2-8-22-15(13)17(26)25-11-3-7-19(20,12-25)18-23-16(24-27-18)14-5-9-21-10-6-14/h2,4-6,8-10H,3,7,11-12H2,1H3. The number of amides is 1. The van der Waals surface area contributed by atoms with Gasteiger partial charge < -0.3 is 9.42 Å². The minimum Gasteiger partial charge on any atom is -0.335 e. The Morgan fingerprint density at radius 2 is 2.07 bits per heavy atom. The highest BCUT2D eigenvalue weighted by molar-refractivity contribution is 5.93. The van der Waals surface area contributed by atoms with Gasteiger partial charge in [-0.1, -0.05) is 11.2 Å². The number of pyridine rings is 2. The number of piperidine rings is 1. The number of carbonyl (C=O) groups is 1. The first-order chi connectivity index (χ1) is 13.1. The first-order valence-corrected chi connectivity index (χ1v) is 8.71. The highest BCUT2D eigenvalue weighted by Gasteiger charge is 2.44. The van der Waals surface area contributed by atoms with Crippen molar-refractivity contribution in [2.45, 2.75) is 25.4 Å². The molecule has 1 aliphatic rings. The molecule has 0 saturated carbocycles. The van der Waals surface area contributed by atoms with Crippen LogP contribution < -0.4 is 0 Å². The summed E-state index contributed by atoms with van der Waals surface area (Å²) in [7, 11) is 0. The van der Waals surface area contributed by atoms with Gasteiger partial charge in [-0.15, -0.1) is 0 Å². The molecule has 4 heterocycles. The van der Waals surface area contributed by atoms with Crippen molar-refractivity contribution in [3.8, 4) is 11.4 Å². The molecule has 7 nitrogen and oxygen atoms in total. The van der Waals surface area contributed by atoms with Gasteiger partial charge in [-0.3, -0.25) is 14.8 Å². The Hall–Kier alpha value is -3.16. The van der Waals surface area contributed by atoms with E-state index in [4.69, 9.17) is 4.52 Å². The molecule has 0 N–H and O–H groups in total. The Morgan fingerprint density at radius 3 is 2.85 bits per heavy atom. The summed E-state index contributed by atoms with van der Waals surface area (Å²) in [5, 5.41) is 3.88. The summed E-state index contributed by atoms with van der Waals surface area (Å²) in [5.41, 5.74) is -0.0917. The number of halogens is 1. The monoisotopic (exact) mass is 367 g/mol. The third-order valence-corrected chi connectivity index (χ3v) is 4.69. The van der Waals surface area contributed by atoms with Crippen LogP contribution in [0.25, 0.3) is 11.4 Å². The zero-order valence-corrected chi connectivity index (χ0v) is 14.8. The molecule has 1 atom stereocenters. The minimum absolute atomic E-state index is 0.107. The molecule has 0 aliphatic carbocycles. The van der Waals surface area contributed by atoms with E-state index in [1.165, 1.54) is 4.90 Å². The number of hydrogen-bond acceptors (Lipinski definition) is 6. The van der Waals surface area contributed by atoms with Gasteiger partial charge in [0.15, 0.2) is 0 Å². The molecule has 1 aliphatic heterocycles. The molecule has 1 saturated heterocycles. The lowest BCUT2D eigenvalue weighted by molar-refractivity contribution is 0.0149. The van der Waals surface area contributed by atoms with Gasteiger partial charge in [-0.25, -0.2) is 4.39 Å². The van der Waals surface area contributed by atoms with E-state index < -0.39 is 5.67 Å². The molecule has 0 aromatic carbocycles. The van der Waals surface area contributed by atoms with Gasteiger partial charge in [0.05, 0.1) is 6.54 Å². The maximum absolute atomic E-state index is 15.6. The van der Waals surface area contributed by atoms with Crippen LogP contribution in [0, 0.1) is 6.92 Å². The van der Waals surface area contributed by atoms with E-state index in [2.05, 4.69) is 20.1 Å². The fourth-order valence-electron chi connectivity index (χ4n) is 3.24. The van der Waals surface area contributed by atoms with Crippen LogP contribution >= 0.6 is 0 Å². The lowest BCUT2D eigenvalue weighted by Gasteiger charge is -2.35. The lowest BCUT2D eigenvalue weighted by atomic mass is 9.94. The summed E-state index contributed by atoms with van der Waals surface area (Å²) in [6, 6.07) is 7.02. The summed E-state index contributed by atoms with van der Waals surface area (Å²) in [4.78, 5) is 26.6. The quantitative estimate of drug-likeness (QED) is 0.708. The fraction of sp³-hybridized carbons (Fsp3) is 0.316. The number of hydrogen-bond donors (Lipinski definition) is 0. The molecule has 3 aromatic rings. The van der Waals surface area contributed by atoms with Gasteiger partial charge in [0, 0.05) is 30.7 Å². The molecule has 0 bridgehead atoms. The summed E-state index contributed by atoms with van der Waals surface area (Å²) < 4.78 is 20.8. The molecule has 0 spiro atoms. The van der Waals surface area contributed by atoms with E-state index in [1.54, 1.807) is 36.8 Å². The molecule has 138 valence electrons. The van der Waals surface area contributed by atoms with Crippen LogP contribution in [-0.2, 0) is 5.67 Å². The molecule has 4 rings (SSSR count). The van der Waals surface area contributed by atoms with Gasteiger partial charge in [0.1, 0.15) is 5.69 Å². The fourth-order valence-corrected chi connectivity index (χ4v) is 3.24. The van der Waals surface area contributed by atoms with E-state index in [0.29, 0.717) is 30.0 Å². The Labute approximate surface area is 155 Å². The summed E-state index contributed by atoms with van der Waals surface area (Å²) in [5.74, 6) is -0.0956. The van der Waals surface area contributed by atoms with E-state index in [-0.39, 0.29) is 24.8 Å². The summed E-state index contributed by atoms with van der Waals surface area (Å²) in [6.07, 6.45) is 5.49. The SMILES string of the molecule is Cc1cccnc1C(=O)N1CCCC(F)(c2nc(-c3ccncc3)no2)C1. The van der Waals surface area contributed by atoms with Crippen LogP contribution in [0.3, 0.4) is 0 Å². The normalized spacial score (nSPS) is 19.9. The van der Waals surface area contributed by atoms with Gasteiger partial charge in [0.25, 0.3) is 11.8 Å². The van der Waals surface area contributed by atoms with Crippen LogP contribution in [0.4, 0.5) is 4.39 Å². The number of alkyl halides is 1. The molecule has 0 radical (unpaired) electrons. The summed E-state index contributed by atoms with van der Waals surface area (Å²) in [6.45, 7) is 2.14. The van der Waals surface area contributed by atoms with Gasteiger partial charge >= 0.3 is 0 Å². The Kier molecular flexibility index (Phi) is 4.39. The van der Waals surface area contributed by atoms with E-state index in [1.807, 2.05) is 13.0 Å².